The topological polar surface area (TPSA) is 237 Å². The molecule has 3 saturated heterocycles. The average Bonchev–Trinajstić information content (AvgIpc) is 3.15. The van der Waals surface area contributed by atoms with Crippen molar-refractivity contribution >= 4 is 11.7 Å². The minimum atomic E-state index is -2.97. The lowest BCUT2D eigenvalue weighted by molar-refractivity contribution is -0.319. The van der Waals surface area contributed by atoms with Gasteiger partial charge >= 0.3 is 5.97 Å². The first-order valence-corrected chi connectivity index (χ1v) is 20.5. The molecule has 0 saturated carbocycles. The zero-order valence-corrected chi connectivity index (χ0v) is 36.8. The fourth-order valence-electron chi connectivity index (χ4n) is 8.65. The molecule has 6 unspecified atom stereocenters. The van der Waals surface area contributed by atoms with E-state index < -0.39 is 102 Å². The third kappa shape index (κ3) is 12.1. The molecule has 3 fully saturated rings. The number of esters is 1. The smallest absolute Gasteiger partial charge is 0.311 e. The summed E-state index contributed by atoms with van der Waals surface area (Å²) in [4.78, 5) is 21.6. The quantitative estimate of drug-likeness (QED) is 0.0660. The standard InChI is InChI=1S/C40H74N2O16/c1-14-28-40(48,49)33(44)23(4)30(41-53-20-52-16-15-50-12)21(2)18-38(8,47)35(58-37-31(43)27(42(10)11)17-22(3)54-37)24(5)32(25(6)36(46)56-28)57-29-19-39(9,51-13)34(45)26(7)55-29/h21-29,31-35,37,43-45,47-49H,14-20H2,1-13H3/t21?,22-,23?,24?,25+,26+,27+,28-,29-,31-,32?,33-,34+,35?,37+,38?,39-/m1/s1. The third-order valence-electron chi connectivity index (χ3n) is 12.3. The molecule has 3 aliphatic heterocycles. The number of cyclic esters (lactones) is 1. The summed E-state index contributed by atoms with van der Waals surface area (Å²) >= 11 is 0. The van der Waals surface area contributed by atoms with E-state index in [1.165, 1.54) is 28.1 Å². The number of carbonyl (C=O) groups excluding carboxylic acids is 1. The van der Waals surface area contributed by atoms with Crippen molar-refractivity contribution in [3.63, 3.8) is 0 Å². The number of aliphatic hydroxyl groups excluding tert-OH is 3. The lowest BCUT2D eigenvalue weighted by Gasteiger charge is -2.49. The zero-order valence-electron chi connectivity index (χ0n) is 36.8. The zero-order chi connectivity index (χ0) is 43.9. The number of carbonyl (C=O) groups is 1. The van der Waals surface area contributed by atoms with Crippen molar-refractivity contribution in [2.24, 2.45) is 28.8 Å². The van der Waals surface area contributed by atoms with Gasteiger partial charge in [0.05, 0.1) is 60.5 Å². The van der Waals surface area contributed by atoms with E-state index in [1.807, 2.05) is 25.9 Å². The molecule has 0 aromatic carbocycles. The Kier molecular flexibility index (Phi) is 18.8. The number of hydrogen-bond donors (Lipinski definition) is 6. The van der Waals surface area contributed by atoms with Crippen LogP contribution in [0.25, 0.3) is 0 Å². The molecule has 3 aliphatic rings. The summed E-state index contributed by atoms with van der Waals surface area (Å²) in [6.45, 7) is 15.1. The van der Waals surface area contributed by atoms with Crippen LogP contribution >= 0.6 is 0 Å². The van der Waals surface area contributed by atoms with E-state index in [0.29, 0.717) is 13.0 Å². The summed E-state index contributed by atoms with van der Waals surface area (Å²) in [5, 5.41) is 74.2. The number of hydrogen-bond acceptors (Lipinski definition) is 18. The Morgan fingerprint density at radius 1 is 0.897 bits per heavy atom. The van der Waals surface area contributed by atoms with Gasteiger partial charge in [0.2, 0.25) is 12.6 Å². The lowest BCUT2D eigenvalue weighted by atomic mass is 9.74. The van der Waals surface area contributed by atoms with Crippen LogP contribution in [0.2, 0.25) is 0 Å². The molecule has 0 radical (unpaired) electrons. The van der Waals surface area contributed by atoms with Crippen LogP contribution in [0.1, 0.15) is 88.0 Å². The summed E-state index contributed by atoms with van der Waals surface area (Å²) in [6.07, 6.45) is -11.1. The first kappa shape index (κ1) is 50.7. The van der Waals surface area contributed by atoms with Gasteiger partial charge < -0.3 is 78.3 Å². The van der Waals surface area contributed by atoms with Gasteiger partial charge in [-0.3, -0.25) is 4.79 Å². The number of aliphatic hydroxyl groups is 6. The number of rotatable bonds is 13. The van der Waals surface area contributed by atoms with Crippen LogP contribution in [0.15, 0.2) is 5.16 Å². The second-order valence-corrected chi connectivity index (χ2v) is 17.3. The van der Waals surface area contributed by atoms with Gasteiger partial charge in [0.15, 0.2) is 18.7 Å². The van der Waals surface area contributed by atoms with E-state index in [9.17, 15) is 35.4 Å². The molecule has 0 aromatic rings. The summed E-state index contributed by atoms with van der Waals surface area (Å²) in [6, 6.07) is -0.352. The number of methoxy groups -OCH3 is 2. The van der Waals surface area contributed by atoms with E-state index in [0.717, 1.165) is 0 Å². The van der Waals surface area contributed by atoms with Gasteiger partial charge in [-0.25, -0.2) is 0 Å². The summed E-state index contributed by atoms with van der Waals surface area (Å²) in [7, 11) is 6.68. The highest BCUT2D eigenvalue weighted by molar-refractivity contribution is 5.88. The Hall–Kier alpha value is -1.62. The molecule has 0 bridgehead atoms. The highest BCUT2D eigenvalue weighted by Gasteiger charge is 2.54. The molecule has 0 spiro atoms. The SMILES string of the molecule is CC[C@H]1OC(=O)[C@@H](C)C(O[C@@H]2C[C@@](C)(OC)[C@@H](O)[C@H](C)O2)C(C)C(O[C@@H]2O[C@H](C)C[C@H](N(C)C)[C@H]2O)C(C)(O)CC(C)C(=NOCOCCOC)C(C)[C@@H](O)C1(O)O. The van der Waals surface area contributed by atoms with Crippen molar-refractivity contribution < 1.29 is 78.2 Å². The van der Waals surface area contributed by atoms with Crippen molar-refractivity contribution in [2.45, 2.75) is 172 Å². The Bertz CT molecular complexity index is 1310. The molecule has 17 atom stereocenters. The van der Waals surface area contributed by atoms with Gasteiger partial charge in [-0.2, -0.15) is 0 Å². The molecule has 0 amide bonds. The van der Waals surface area contributed by atoms with Crippen molar-refractivity contribution in [3.8, 4) is 0 Å². The van der Waals surface area contributed by atoms with Gasteiger partial charge in [0.1, 0.15) is 18.3 Å². The van der Waals surface area contributed by atoms with Crippen molar-refractivity contribution in [1.82, 2.24) is 4.90 Å². The van der Waals surface area contributed by atoms with Crippen molar-refractivity contribution in [2.75, 3.05) is 48.3 Å². The van der Waals surface area contributed by atoms with Crippen LogP contribution in [0, 0.1) is 23.7 Å². The maximum absolute atomic E-state index is 14.2. The molecule has 18 heteroatoms. The predicted molar refractivity (Wildman–Crippen MR) is 209 cm³/mol. The minimum Gasteiger partial charge on any atom is -0.456 e. The van der Waals surface area contributed by atoms with Crippen LogP contribution in [0.5, 0.6) is 0 Å². The Morgan fingerprint density at radius 3 is 2.14 bits per heavy atom. The number of oxime groups is 1. The molecule has 0 aliphatic carbocycles. The maximum atomic E-state index is 14.2. The van der Waals surface area contributed by atoms with Crippen molar-refractivity contribution in [1.29, 1.82) is 0 Å². The Labute approximate surface area is 344 Å². The van der Waals surface area contributed by atoms with Crippen LogP contribution in [0.4, 0.5) is 0 Å². The van der Waals surface area contributed by atoms with Gasteiger partial charge in [-0.1, -0.05) is 32.9 Å². The van der Waals surface area contributed by atoms with Crippen molar-refractivity contribution in [3.05, 3.63) is 0 Å². The summed E-state index contributed by atoms with van der Waals surface area (Å²) in [5.41, 5.74) is -2.78. The highest BCUT2D eigenvalue weighted by Crippen LogP contribution is 2.41. The van der Waals surface area contributed by atoms with Gasteiger partial charge in [0, 0.05) is 44.4 Å². The molecule has 0 aromatic heterocycles. The summed E-state index contributed by atoms with van der Waals surface area (Å²) < 4.78 is 47.6. The normalized spacial score (nSPS) is 44.2. The molecular weight excluding hydrogens is 764 g/mol. The maximum Gasteiger partial charge on any atom is 0.311 e. The summed E-state index contributed by atoms with van der Waals surface area (Å²) in [5.74, 6) is -7.80. The fraction of sp³-hybridized carbons (Fsp3) is 0.950. The van der Waals surface area contributed by atoms with E-state index in [4.69, 9.17) is 42.7 Å². The van der Waals surface area contributed by atoms with Gasteiger partial charge in [-0.15, -0.1) is 0 Å². The van der Waals surface area contributed by atoms with E-state index in [2.05, 4.69) is 5.16 Å². The van der Waals surface area contributed by atoms with E-state index in [1.54, 1.807) is 41.5 Å². The Balaban J connectivity index is 2.22. The second kappa shape index (κ2) is 21.4. The van der Waals surface area contributed by atoms with E-state index >= 15 is 0 Å². The van der Waals surface area contributed by atoms with Crippen LogP contribution in [0.3, 0.4) is 0 Å². The van der Waals surface area contributed by atoms with Gasteiger partial charge in [-0.05, 0) is 68.0 Å². The largest absolute Gasteiger partial charge is 0.456 e. The van der Waals surface area contributed by atoms with Crippen LogP contribution in [-0.4, -0.2) is 180 Å². The molecule has 58 heavy (non-hydrogen) atoms. The third-order valence-corrected chi connectivity index (χ3v) is 12.3. The number of nitrogens with zero attached hydrogens (tertiary/aromatic N) is 2. The first-order valence-electron chi connectivity index (χ1n) is 20.5. The average molecular weight is 839 g/mol. The van der Waals surface area contributed by atoms with Crippen LogP contribution in [-0.2, 0) is 47.5 Å². The van der Waals surface area contributed by atoms with Crippen LogP contribution < -0.4 is 0 Å². The molecule has 340 valence electrons. The minimum absolute atomic E-state index is 0.0541. The fourth-order valence-corrected chi connectivity index (χ4v) is 8.65. The molecule has 3 heterocycles. The number of ether oxygens (including phenoxy) is 8. The lowest BCUT2D eigenvalue weighted by Crippen LogP contribution is -2.61. The molecule has 18 nitrogen and oxygen atoms in total. The van der Waals surface area contributed by atoms with E-state index in [-0.39, 0.29) is 50.5 Å². The van der Waals surface area contributed by atoms with Gasteiger partial charge in [0.25, 0.3) is 0 Å². The molecule has 3 rings (SSSR count). The molecular formula is C40H74N2O16. The predicted octanol–water partition coefficient (Wildman–Crippen LogP) is 1.14. The number of likely N-dealkylation sites (N-methyl/N-ethyl adjacent to an activating group) is 1. The molecule has 6 N–H and O–H groups in total. The highest BCUT2D eigenvalue weighted by atomic mass is 16.7. The Morgan fingerprint density at radius 2 is 1.55 bits per heavy atom. The second-order valence-electron chi connectivity index (χ2n) is 17.3. The first-order chi connectivity index (χ1) is 27.0. The monoisotopic (exact) mass is 839 g/mol.